The van der Waals surface area contributed by atoms with Crippen LogP contribution in [0.25, 0.3) is 0 Å². The van der Waals surface area contributed by atoms with E-state index in [1.165, 1.54) is 0 Å². The van der Waals surface area contributed by atoms with Crippen LogP contribution in [0.15, 0.2) is 48.5 Å². The van der Waals surface area contributed by atoms with Crippen LogP contribution in [0.2, 0.25) is 5.02 Å². The number of ether oxygens (including phenoxy) is 1. The third-order valence-corrected chi connectivity index (χ3v) is 2.80. The molecule has 0 heterocycles. The van der Waals surface area contributed by atoms with Crippen LogP contribution < -0.4 is 15.6 Å². The first-order chi connectivity index (χ1) is 9.16. The molecule has 0 atom stereocenters. The topological polar surface area (TPSA) is 50.4 Å². The second-order valence-corrected chi connectivity index (χ2v) is 4.29. The summed E-state index contributed by atoms with van der Waals surface area (Å²) in [6.45, 7) is 1.87. The summed E-state index contributed by atoms with van der Waals surface area (Å²) in [7, 11) is 0. The monoisotopic (exact) mass is 276 g/mol. The number of aryl methyl sites for hydroxylation is 1. The van der Waals surface area contributed by atoms with Crippen molar-refractivity contribution < 1.29 is 9.53 Å². The summed E-state index contributed by atoms with van der Waals surface area (Å²) in [4.78, 5) is 11.6. The van der Waals surface area contributed by atoms with E-state index in [4.69, 9.17) is 16.3 Å². The molecule has 0 radical (unpaired) electrons. The Bertz CT molecular complexity index is 587. The van der Waals surface area contributed by atoms with Crippen molar-refractivity contribution in [2.45, 2.75) is 6.92 Å². The Morgan fingerprint density at radius 2 is 1.79 bits per heavy atom. The SMILES string of the molecule is Cc1ccccc1OC(=O)NNc1ccccc1Cl. The van der Waals surface area contributed by atoms with Crippen molar-refractivity contribution in [2.24, 2.45) is 0 Å². The van der Waals surface area contributed by atoms with E-state index in [-0.39, 0.29) is 0 Å². The van der Waals surface area contributed by atoms with Gasteiger partial charge in [0.2, 0.25) is 0 Å². The van der Waals surface area contributed by atoms with Gasteiger partial charge in [-0.05, 0) is 30.7 Å². The number of benzene rings is 2. The fourth-order valence-electron chi connectivity index (χ4n) is 1.48. The second kappa shape index (κ2) is 6.11. The molecule has 0 bridgehead atoms. The van der Waals surface area contributed by atoms with Crippen molar-refractivity contribution in [3.05, 3.63) is 59.1 Å². The van der Waals surface area contributed by atoms with Crippen LogP contribution in [0.4, 0.5) is 10.5 Å². The molecule has 4 nitrogen and oxygen atoms in total. The van der Waals surface area contributed by atoms with Gasteiger partial charge in [0, 0.05) is 0 Å². The van der Waals surface area contributed by atoms with Gasteiger partial charge in [-0.1, -0.05) is 41.9 Å². The smallest absolute Gasteiger partial charge is 0.409 e. The number of amides is 1. The molecule has 0 fully saturated rings. The van der Waals surface area contributed by atoms with Crippen molar-refractivity contribution in [1.29, 1.82) is 0 Å². The van der Waals surface area contributed by atoms with Gasteiger partial charge in [-0.25, -0.2) is 10.2 Å². The number of para-hydroxylation sites is 2. The summed E-state index contributed by atoms with van der Waals surface area (Å²) in [5.74, 6) is 0.515. The molecule has 0 saturated carbocycles. The predicted octanol–water partition coefficient (Wildman–Crippen LogP) is 3.76. The number of nitrogens with one attached hydrogen (secondary N) is 2. The van der Waals surface area contributed by atoms with Crippen molar-refractivity contribution in [2.75, 3.05) is 5.43 Å². The molecule has 19 heavy (non-hydrogen) atoms. The minimum Gasteiger partial charge on any atom is -0.409 e. The molecule has 98 valence electrons. The summed E-state index contributed by atoms with van der Waals surface area (Å²) in [5, 5.41) is 0.513. The number of hydrogen-bond donors (Lipinski definition) is 2. The Labute approximate surface area is 116 Å². The van der Waals surface area contributed by atoms with Crippen LogP contribution in [-0.2, 0) is 0 Å². The summed E-state index contributed by atoms with van der Waals surface area (Å²) in [6.07, 6.45) is -0.603. The van der Waals surface area contributed by atoms with E-state index >= 15 is 0 Å². The normalized spacial score (nSPS) is 9.79. The van der Waals surface area contributed by atoms with Crippen molar-refractivity contribution >= 4 is 23.4 Å². The minimum atomic E-state index is -0.603. The van der Waals surface area contributed by atoms with Gasteiger partial charge in [0.05, 0.1) is 10.7 Å². The first-order valence-electron chi connectivity index (χ1n) is 5.71. The van der Waals surface area contributed by atoms with Gasteiger partial charge in [-0.2, -0.15) is 0 Å². The Kier molecular flexibility index (Phi) is 4.26. The van der Waals surface area contributed by atoms with E-state index in [1.807, 2.05) is 25.1 Å². The Balaban J connectivity index is 1.92. The largest absolute Gasteiger partial charge is 0.431 e. The molecule has 1 amide bonds. The first kappa shape index (κ1) is 13.2. The average molecular weight is 277 g/mol. The maximum atomic E-state index is 11.6. The number of carbonyl (C=O) groups excluding carboxylic acids is 1. The highest BCUT2D eigenvalue weighted by atomic mass is 35.5. The highest BCUT2D eigenvalue weighted by molar-refractivity contribution is 6.33. The molecule has 0 aliphatic rings. The second-order valence-electron chi connectivity index (χ2n) is 3.88. The fourth-order valence-corrected chi connectivity index (χ4v) is 1.66. The molecular formula is C14H13ClN2O2. The van der Waals surface area contributed by atoms with Gasteiger partial charge in [-0.3, -0.25) is 5.43 Å². The average Bonchev–Trinajstić information content (AvgIpc) is 2.40. The molecule has 2 N–H and O–H groups in total. The zero-order valence-electron chi connectivity index (χ0n) is 10.3. The van der Waals surface area contributed by atoms with Crippen LogP contribution in [-0.4, -0.2) is 6.09 Å². The van der Waals surface area contributed by atoms with E-state index in [2.05, 4.69) is 10.9 Å². The third kappa shape index (κ3) is 3.63. The van der Waals surface area contributed by atoms with Gasteiger partial charge in [0.25, 0.3) is 0 Å². The zero-order valence-corrected chi connectivity index (χ0v) is 11.1. The lowest BCUT2D eigenvalue weighted by atomic mass is 10.2. The van der Waals surface area contributed by atoms with E-state index in [9.17, 15) is 4.79 Å². The van der Waals surface area contributed by atoms with Crippen LogP contribution in [0.3, 0.4) is 0 Å². The van der Waals surface area contributed by atoms with Crippen molar-refractivity contribution in [3.63, 3.8) is 0 Å². The van der Waals surface area contributed by atoms with E-state index in [1.54, 1.807) is 30.3 Å². The summed E-state index contributed by atoms with van der Waals surface area (Å²) < 4.78 is 5.15. The molecule has 0 aliphatic heterocycles. The number of hydrogen-bond acceptors (Lipinski definition) is 3. The third-order valence-electron chi connectivity index (χ3n) is 2.47. The van der Waals surface area contributed by atoms with Crippen LogP contribution >= 0.6 is 11.6 Å². The van der Waals surface area contributed by atoms with Gasteiger partial charge in [0.1, 0.15) is 5.75 Å². The van der Waals surface area contributed by atoms with E-state index in [0.29, 0.717) is 16.5 Å². The lowest BCUT2D eigenvalue weighted by Gasteiger charge is -2.11. The minimum absolute atomic E-state index is 0.513. The molecule has 0 spiro atoms. The van der Waals surface area contributed by atoms with Gasteiger partial charge < -0.3 is 4.74 Å². The highest BCUT2D eigenvalue weighted by Gasteiger charge is 2.06. The Morgan fingerprint density at radius 1 is 1.11 bits per heavy atom. The lowest BCUT2D eigenvalue weighted by molar-refractivity contribution is 0.202. The quantitative estimate of drug-likeness (QED) is 0.839. The standard InChI is InChI=1S/C14H13ClN2O2/c1-10-6-2-5-9-13(10)19-14(18)17-16-12-8-4-3-7-11(12)15/h2-9,16H,1H3,(H,17,18). The first-order valence-corrected chi connectivity index (χ1v) is 6.08. The van der Waals surface area contributed by atoms with E-state index < -0.39 is 6.09 Å². The maximum absolute atomic E-state index is 11.6. The molecular weight excluding hydrogens is 264 g/mol. The summed E-state index contributed by atoms with van der Waals surface area (Å²) >= 11 is 5.94. The highest BCUT2D eigenvalue weighted by Crippen LogP contribution is 2.19. The van der Waals surface area contributed by atoms with Gasteiger partial charge in [-0.15, -0.1) is 0 Å². The molecule has 2 aromatic carbocycles. The Morgan fingerprint density at radius 3 is 2.53 bits per heavy atom. The van der Waals surface area contributed by atoms with Gasteiger partial charge in [0.15, 0.2) is 0 Å². The summed E-state index contributed by atoms with van der Waals surface area (Å²) in [6, 6.07) is 14.4. The number of carbonyl (C=O) groups is 1. The molecule has 5 heteroatoms. The van der Waals surface area contributed by atoms with Crippen molar-refractivity contribution in [1.82, 2.24) is 5.43 Å². The lowest BCUT2D eigenvalue weighted by Crippen LogP contribution is -2.32. The van der Waals surface area contributed by atoms with Gasteiger partial charge >= 0.3 is 6.09 Å². The summed E-state index contributed by atoms with van der Waals surface area (Å²) in [5.41, 5.74) is 6.60. The molecule has 0 aliphatic carbocycles. The maximum Gasteiger partial charge on any atom is 0.431 e. The number of halogens is 1. The van der Waals surface area contributed by atoms with Crippen LogP contribution in [0.1, 0.15) is 5.56 Å². The molecule has 0 unspecified atom stereocenters. The Hall–Kier alpha value is -2.20. The molecule has 2 aromatic rings. The molecule has 0 saturated heterocycles. The van der Waals surface area contributed by atoms with Crippen LogP contribution in [0, 0.1) is 6.92 Å². The van der Waals surface area contributed by atoms with Crippen molar-refractivity contribution in [3.8, 4) is 5.75 Å². The number of anilines is 1. The zero-order chi connectivity index (χ0) is 13.7. The number of hydrazine groups is 1. The number of rotatable bonds is 3. The molecule has 2 rings (SSSR count). The fraction of sp³-hybridized carbons (Fsp3) is 0.0714. The van der Waals surface area contributed by atoms with E-state index in [0.717, 1.165) is 5.56 Å². The predicted molar refractivity (Wildman–Crippen MR) is 75.4 cm³/mol. The van der Waals surface area contributed by atoms with Crippen LogP contribution in [0.5, 0.6) is 5.75 Å². The molecule has 0 aromatic heterocycles.